The van der Waals surface area contributed by atoms with Crippen LogP contribution in [0.1, 0.15) is 0 Å². The summed E-state index contributed by atoms with van der Waals surface area (Å²) in [4.78, 5) is 0. The third-order valence-corrected chi connectivity index (χ3v) is 0. The van der Waals surface area contributed by atoms with Gasteiger partial charge in [-0.1, -0.05) is 0 Å². The van der Waals surface area contributed by atoms with E-state index in [4.69, 9.17) is 0 Å². The Hall–Kier alpha value is 1.40. The fraction of sp³-hybridized carbons (Fsp3) is 0. The van der Waals surface area contributed by atoms with Crippen LogP contribution >= 0.6 is 0 Å². The van der Waals surface area contributed by atoms with Gasteiger partial charge in [-0.05, 0) is 0 Å². The Morgan fingerprint density at radius 3 is 0.333 bits per heavy atom. The molecule has 0 saturated heterocycles. The summed E-state index contributed by atoms with van der Waals surface area (Å²) in [6, 6.07) is 0. The summed E-state index contributed by atoms with van der Waals surface area (Å²) in [7, 11) is 0. The van der Waals surface area contributed by atoms with Gasteiger partial charge in [0, 0.05) is 59.0 Å². The van der Waals surface area contributed by atoms with Gasteiger partial charge in [0.05, 0.1) is 0 Å². The zero-order valence-electron chi connectivity index (χ0n) is 3.94. The molecule has 9 heteroatoms. The first-order chi connectivity index (χ1) is 0. The second-order valence-corrected chi connectivity index (χ2v) is 0. The maximum absolute atomic E-state index is 0. The fourth-order valence-electron chi connectivity index (χ4n) is 0. The van der Waals surface area contributed by atoms with Crippen molar-refractivity contribution in [2.45, 2.75) is 0 Å². The van der Waals surface area contributed by atoms with E-state index in [0.717, 1.165) is 0 Å². The van der Waals surface area contributed by atoms with Crippen LogP contribution in [0.5, 0.6) is 0 Å². The van der Waals surface area contributed by atoms with Crippen LogP contribution in [0.2, 0.25) is 0 Å². The topological polar surface area (TPSA) is 142 Å². The molecule has 0 heterocycles. The van der Waals surface area contributed by atoms with E-state index in [9.17, 15) is 0 Å². The zero-order chi connectivity index (χ0) is 0. The van der Waals surface area contributed by atoms with Gasteiger partial charge in [-0.2, -0.15) is 0 Å². The van der Waals surface area contributed by atoms with E-state index in [1.54, 1.807) is 0 Å². The van der Waals surface area contributed by atoms with Crippen molar-refractivity contribution in [1.29, 1.82) is 0 Å². The quantitative estimate of drug-likeness (QED) is 0.459. The standard InChI is InChI=1S/5O.2Si.2V/q5*-2;;;;. The predicted molar refractivity (Wildman–Crippen MR) is 14.9 cm³/mol. The van der Waals surface area contributed by atoms with Gasteiger partial charge in [-0.15, -0.1) is 0 Å². The third kappa shape index (κ3) is 262. The molecule has 10 radical (unpaired) electrons. The second-order valence-electron chi connectivity index (χ2n) is 0. The van der Waals surface area contributed by atoms with Crippen molar-refractivity contribution in [2.24, 2.45) is 0 Å². The summed E-state index contributed by atoms with van der Waals surface area (Å²) < 4.78 is 0. The number of rotatable bonds is 0. The molecule has 5 nitrogen and oxygen atoms in total. The Balaban J connectivity index is 0. The van der Waals surface area contributed by atoms with Crippen LogP contribution in [-0.2, 0) is 64.5 Å². The maximum Gasteiger partial charge on any atom is 0 e. The molecule has 0 rings (SSSR count). The molecule has 0 saturated carbocycles. The van der Waals surface area contributed by atoms with Crippen LogP contribution in [0.4, 0.5) is 0 Å². The summed E-state index contributed by atoms with van der Waals surface area (Å²) >= 11 is 0. The first-order valence-corrected chi connectivity index (χ1v) is 0. The van der Waals surface area contributed by atoms with Gasteiger partial charge in [0.2, 0.25) is 0 Å². The van der Waals surface area contributed by atoms with E-state index in [-0.39, 0.29) is 86.4 Å². The molecule has 0 aliphatic rings. The van der Waals surface area contributed by atoms with Gasteiger partial charge in [-0.25, -0.2) is 0 Å². The second kappa shape index (κ2) is 337. The molecule has 0 bridgehead atoms. The third-order valence-electron chi connectivity index (χ3n) is 0. The molecule has 0 spiro atoms. The Kier molecular flexibility index (Phi) is 17500. The van der Waals surface area contributed by atoms with Crippen molar-refractivity contribution >= 4 is 21.9 Å². The normalized spacial score (nSPS) is 0. The molecule has 0 aliphatic carbocycles. The van der Waals surface area contributed by atoms with Gasteiger partial charge in [0.25, 0.3) is 0 Å². The summed E-state index contributed by atoms with van der Waals surface area (Å²) in [5, 5.41) is 0. The van der Waals surface area contributed by atoms with Gasteiger partial charge in [0.1, 0.15) is 0 Å². The van der Waals surface area contributed by atoms with Gasteiger partial charge < -0.3 is 27.4 Å². The van der Waals surface area contributed by atoms with Crippen molar-refractivity contribution in [3.05, 3.63) is 0 Å². The fourth-order valence-corrected chi connectivity index (χ4v) is 0. The Labute approximate surface area is 86.3 Å². The Bertz CT molecular complexity index is 12.9. The minimum absolute atomic E-state index is 0. The number of hydrogen-bond acceptors (Lipinski definition) is 0. The summed E-state index contributed by atoms with van der Waals surface area (Å²) in [6.07, 6.45) is 0. The molecule has 9 heavy (non-hydrogen) atoms. The molecule has 0 aliphatic heterocycles. The van der Waals surface area contributed by atoms with Gasteiger partial charge >= 0.3 is 0 Å². The minimum Gasteiger partial charge on any atom is -2.00 e. The monoisotopic (exact) mass is 238 g/mol. The molecule has 0 amide bonds. The Morgan fingerprint density at radius 2 is 0.333 bits per heavy atom. The molecular formula is O5Si2V2-10. The van der Waals surface area contributed by atoms with Crippen LogP contribution in [0.25, 0.3) is 0 Å². The van der Waals surface area contributed by atoms with E-state index in [2.05, 4.69) is 0 Å². The van der Waals surface area contributed by atoms with E-state index in [1.807, 2.05) is 0 Å². The summed E-state index contributed by atoms with van der Waals surface area (Å²) in [5.74, 6) is 0. The maximum atomic E-state index is 0. The average molecular weight is 238 g/mol. The van der Waals surface area contributed by atoms with E-state index >= 15 is 0 Å². The van der Waals surface area contributed by atoms with Crippen molar-refractivity contribution in [3.8, 4) is 0 Å². The first-order valence-electron chi connectivity index (χ1n) is 0. The van der Waals surface area contributed by atoms with E-state index < -0.39 is 0 Å². The van der Waals surface area contributed by atoms with Gasteiger partial charge in [0.15, 0.2) is 0 Å². The van der Waals surface area contributed by atoms with Crippen LogP contribution in [0.15, 0.2) is 0 Å². The van der Waals surface area contributed by atoms with Crippen molar-refractivity contribution < 1.29 is 64.5 Å². The van der Waals surface area contributed by atoms with Gasteiger partial charge in [-0.3, -0.25) is 0 Å². The first kappa shape index (κ1) is 467. The molecule has 0 aromatic heterocycles. The van der Waals surface area contributed by atoms with Crippen LogP contribution in [0.3, 0.4) is 0 Å². The molecule has 0 N–H and O–H groups in total. The predicted octanol–water partition coefficient (Wildman–Crippen LogP) is -1.36. The SMILES string of the molecule is [O-2].[O-2].[O-2].[O-2].[O-2].[Si].[Si].[V].[V]. The zero-order valence-corrected chi connectivity index (χ0v) is 8.73. The van der Waals surface area contributed by atoms with Crippen molar-refractivity contribution in [2.75, 3.05) is 0 Å². The number of hydrogen-bond donors (Lipinski definition) is 0. The minimum atomic E-state index is 0. The van der Waals surface area contributed by atoms with Crippen LogP contribution in [-0.4, -0.2) is 21.9 Å². The molecule has 58 valence electrons. The molecule has 0 atom stereocenters. The van der Waals surface area contributed by atoms with E-state index in [0.29, 0.717) is 0 Å². The largest absolute Gasteiger partial charge is 2.00 e. The molecule has 0 aromatic carbocycles. The van der Waals surface area contributed by atoms with Crippen molar-refractivity contribution in [3.63, 3.8) is 0 Å². The molecule has 0 fully saturated rings. The molecule has 0 aromatic rings. The average Bonchev–Trinajstić information content (AvgIpc) is 0. The van der Waals surface area contributed by atoms with E-state index in [1.165, 1.54) is 0 Å². The van der Waals surface area contributed by atoms with Crippen molar-refractivity contribution in [1.82, 2.24) is 0 Å². The smallest absolute Gasteiger partial charge is 0 e. The summed E-state index contributed by atoms with van der Waals surface area (Å²) in [6.45, 7) is 0. The van der Waals surface area contributed by atoms with Crippen LogP contribution in [0, 0.1) is 0 Å². The molecular weight excluding hydrogens is 238 g/mol. The van der Waals surface area contributed by atoms with Crippen LogP contribution < -0.4 is 0 Å². The molecule has 0 unspecified atom stereocenters. The summed E-state index contributed by atoms with van der Waals surface area (Å²) in [5.41, 5.74) is 0. The Morgan fingerprint density at radius 1 is 0.333 bits per heavy atom.